The minimum absolute atomic E-state index is 0.312. The molecule has 148 valence electrons. The zero-order valence-electron chi connectivity index (χ0n) is 16.0. The molecule has 3 N–H and O–H groups in total. The molecule has 2 unspecified atom stereocenters. The molecule has 7 heteroatoms. The van der Waals surface area contributed by atoms with E-state index in [9.17, 15) is 19.5 Å². The van der Waals surface area contributed by atoms with Crippen molar-refractivity contribution in [1.29, 1.82) is 0 Å². The summed E-state index contributed by atoms with van der Waals surface area (Å²) in [5.41, 5.74) is 2.93. The van der Waals surface area contributed by atoms with Crippen LogP contribution >= 0.6 is 0 Å². The number of carbonyl (C=O) groups excluding carboxylic acids is 3. The number of aliphatic hydroxyl groups excluding tert-OH is 2. The maximum atomic E-state index is 12.7. The van der Waals surface area contributed by atoms with Gasteiger partial charge >= 0.3 is 0 Å². The third-order valence-electron chi connectivity index (χ3n) is 4.52. The molecule has 2 atom stereocenters. The Balaban J connectivity index is 2.22. The summed E-state index contributed by atoms with van der Waals surface area (Å²) in [7, 11) is 2.70. The Kier molecular flexibility index (Phi) is 7.03. The molecule has 0 aliphatic rings. The molecule has 28 heavy (non-hydrogen) atoms. The molecule has 7 nitrogen and oxygen atoms in total. The highest BCUT2D eigenvalue weighted by Gasteiger charge is 2.32. The minimum Gasteiger partial charge on any atom is -0.389 e. The van der Waals surface area contributed by atoms with Gasteiger partial charge in [0.05, 0.1) is 6.10 Å². The van der Waals surface area contributed by atoms with Crippen molar-refractivity contribution in [2.24, 2.45) is 0 Å². The monoisotopic (exact) mass is 384 g/mol. The van der Waals surface area contributed by atoms with Gasteiger partial charge in [0.25, 0.3) is 5.91 Å². The number of amides is 2. The van der Waals surface area contributed by atoms with Crippen molar-refractivity contribution < 1.29 is 24.6 Å². The third kappa shape index (κ3) is 4.62. The number of aliphatic hydroxyl groups is 2. The van der Waals surface area contributed by atoms with Gasteiger partial charge in [0.2, 0.25) is 5.91 Å². The standard InChI is InChI=1S/C21H24N2O5/c1-13(25)14-4-6-15(7-5-14)16-8-10-17(11-9-16)21(28)23(3)19(18(26)12-24)20(27)22-2/h4-11,13,19,24-25H,12H2,1-3H3,(H,22,27). The molecular weight excluding hydrogens is 360 g/mol. The van der Waals surface area contributed by atoms with Gasteiger partial charge in [-0.15, -0.1) is 0 Å². The van der Waals surface area contributed by atoms with Gasteiger partial charge in [0, 0.05) is 19.7 Å². The maximum absolute atomic E-state index is 12.7. The first kappa shape index (κ1) is 21.3. The highest BCUT2D eigenvalue weighted by molar-refractivity contribution is 6.10. The van der Waals surface area contributed by atoms with Crippen LogP contribution in [-0.2, 0) is 9.59 Å². The lowest BCUT2D eigenvalue weighted by Gasteiger charge is -2.25. The molecule has 0 saturated carbocycles. The molecule has 0 aromatic heterocycles. The number of rotatable bonds is 7. The van der Waals surface area contributed by atoms with Crippen molar-refractivity contribution in [2.75, 3.05) is 20.7 Å². The van der Waals surface area contributed by atoms with Crippen molar-refractivity contribution in [3.05, 3.63) is 59.7 Å². The second kappa shape index (κ2) is 9.25. The molecule has 0 bridgehead atoms. The van der Waals surface area contributed by atoms with Crippen LogP contribution < -0.4 is 5.32 Å². The number of hydrogen-bond donors (Lipinski definition) is 3. The first-order valence-electron chi connectivity index (χ1n) is 8.81. The van der Waals surface area contributed by atoms with Gasteiger partial charge in [-0.2, -0.15) is 0 Å². The Bertz CT molecular complexity index is 828. The maximum Gasteiger partial charge on any atom is 0.254 e. The van der Waals surface area contributed by atoms with Crippen molar-refractivity contribution in [3.8, 4) is 11.1 Å². The topological polar surface area (TPSA) is 107 Å². The first-order chi connectivity index (χ1) is 13.3. The van der Waals surface area contributed by atoms with Crippen LogP contribution in [0.25, 0.3) is 11.1 Å². The number of ketones is 1. The highest BCUT2D eigenvalue weighted by Crippen LogP contribution is 2.23. The molecule has 0 fully saturated rings. The van der Waals surface area contributed by atoms with Crippen LogP contribution in [0.4, 0.5) is 0 Å². The minimum atomic E-state index is -1.39. The number of benzene rings is 2. The van der Waals surface area contributed by atoms with Gasteiger partial charge in [-0.1, -0.05) is 36.4 Å². The van der Waals surface area contributed by atoms with E-state index >= 15 is 0 Å². The number of nitrogens with zero attached hydrogens (tertiary/aromatic N) is 1. The molecule has 2 amide bonds. The van der Waals surface area contributed by atoms with Crippen LogP contribution in [0.3, 0.4) is 0 Å². The molecule has 0 aliphatic heterocycles. The predicted molar refractivity (Wildman–Crippen MR) is 105 cm³/mol. The Morgan fingerprint density at radius 3 is 1.93 bits per heavy atom. The van der Waals surface area contributed by atoms with Gasteiger partial charge in [-0.3, -0.25) is 14.4 Å². The Labute approximate surface area is 163 Å². The number of Topliss-reactive ketones (excluding diaryl/α,β-unsaturated/α-hetero) is 1. The summed E-state index contributed by atoms with van der Waals surface area (Å²) in [4.78, 5) is 37.5. The quantitative estimate of drug-likeness (QED) is 0.621. The average Bonchev–Trinajstić information content (AvgIpc) is 2.73. The third-order valence-corrected chi connectivity index (χ3v) is 4.52. The van der Waals surface area contributed by atoms with E-state index in [-0.39, 0.29) is 0 Å². The Morgan fingerprint density at radius 2 is 1.50 bits per heavy atom. The predicted octanol–water partition coefficient (Wildman–Crippen LogP) is 1.15. The van der Waals surface area contributed by atoms with Gasteiger partial charge in [-0.25, -0.2) is 0 Å². The van der Waals surface area contributed by atoms with Gasteiger partial charge in [-0.05, 0) is 35.7 Å². The molecule has 0 radical (unpaired) electrons. The van der Waals surface area contributed by atoms with Crippen LogP contribution in [0.5, 0.6) is 0 Å². The van der Waals surface area contributed by atoms with E-state index in [1.165, 1.54) is 14.1 Å². The van der Waals surface area contributed by atoms with Crippen molar-refractivity contribution in [2.45, 2.75) is 19.1 Å². The molecule has 2 aromatic carbocycles. The molecule has 0 heterocycles. The number of likely N-dealkylation sites (N-methyl/N-ethyl adjacent to an activating group) is 2. The summed E-state index contributed by atoms with van der Waals surface area (Å²) in [6.07, 6.45) is -0.542. The zero-order chi connectivity index (χ0) is 20.8. The first-order valence-corrected chi connectivity index (χ1v) is 8.81. The smallest absolute Gasteiger partial charge is 0.254 e. The average molecular weight is 384 g/mol. The zero-order valence-corrected chi connectivity index (χ0v) is 16.0. The van der Waals surface area contributed by atoms with E-state index in [4.69, 9.17) is 5.11 Å². The fraction of sp³-hybridized carbons (Fsp3) is 0.286. The van der Waals surface area contributed by atoms with Crippen LogP contribution in [-0.4, -0.2) is 59.5 Å². The summed E-state index contributed by atoms with van der Waals surface area (Å²) in [5, 5.41) is 21.0. The molecule has 0 spiro atoms. The fourth-order valence-corrected chi connectivity index (χ4v) is 2.84. The van der Waals surface area contributed by atoms with E-state index in [1.807, 2.05) is 24.3 Å². The van der Waals surface area contributed by atoms with Crippen LogP contribution in [0.2, 0.25) is 0 Å². The summed E-state index contributed by atoms with van der Waals surface area (Å²) >= 11 is 0. The van der Waals surface area contributed by atoms with E-state index in [0.717, 1.165) is 21.6 Å². The summed E-state index contributed by atoms with van der Waals surface area (Å²) in [6, 6.07) is 12.8. The molecule has 0 saturated heterocycles. The van der Waals surface area contributed by atoms with Gasteiger partial charge in [0.15, 0.2) is 11.8 Å². The number of nitrogens with one attached hydrogen (secondary N) is 1. The number of carbonyl (C=O) groups is 3. The molecule has 2 aromatic rings. The second-order valence-corrected chi connectivity index (χ2v) is 6.43. The van der Waals surface area contributed by atoms with E-state index < -0.39 is 36.4 Å². The normalized spacial score (nSPS) is 12.8. The van der Waals surface area contributed by atoms with Crippen molar-refractivity contribution >= 4 is 17.6 Å². The summed E-state index contributed by atoms with van der Waals surface area (Å²) in [5.74, 6) is -1.93. The largest absolute Gasteiger partial charge is 0.389 e. The van der Waals surface area contributed by atoms with Crippen LogP contribution in [0.15, 0.2) is 48.5 Å². The second-order valence-electron chi connectivity index (χ2n) is 6.43. The van der Waals surface area contributed by atoms with Crippen molar-refractivity contribution in [3.63, 3.8) is 0 Å². The molecule has 2 rings (SSSR count). The Hall–Kier alpha value is -3.03. The van der Waals surface area contributed by atoms with Gasteiger partial charge in [0.1, 0.15) is 6.61 Å². The fourth-order valence-electron chi connectivity index (χ4n) is 2.84. The lowest BCUT2D eigenvalue weighted by molar-refractivity contribution is -0.135. The molecule has 0 aliphatic carbocycles. The SMILES string of the molecule is CNC(=O)C(C(=O)CO)N(C)C(=O)c1ccc(-c2ccc(C(C)O)cc2)cc1. The summed E-state index contributed by atoms with van der Waals surface area (Å²) < 4.78 is 0. The van der Waals surface area contributed by atoms with E-state index in [0.29, 0.717) is 5.56 Å². The Morgan fingerprint density at radius 1 is 1.00 bits per heavy atom. The lowest BCUT2D eigenvalue weighted by atomic mass is 10.0. The summed E-state index contributed by atoms with van der Waals surface area (Å²) in [6.45, 7) is 0.858. The van der Waals surface area contributed by atoms with Crippen LogP contribution in [0, 0.1) is 0 Å². The van der Waals surface area contributed by atoms with Crippen molar-refractivity contribution in [1.82, 2.24) is 10.2 Å². The van der Waals surface area contributed by atoms with Gasteiger partial charge < -0.3 is 20.4 Å². The number of hydrogen-bond acceptors (Lipinski definition) is 5. The highest BCUT2D eigenvalue weighted by atomic mass is 16.3. The molecular formula is C21H24N2O5. The van der Waals surface area contributed by atoms with Crippen LogP contribution in [0.1, 0.15) is 28.9 Å². The van der Waals surface area contributed by atoms with E-state index in [2.05, 4.69) is 5.32 Å². The van der Waals surface area contributed by atoms with E-state index in [1.54, 1.807) is 31.2 Å². The lowest BCUT2D eigenvalue weighted by Crippen LogP contribution is -2.52.